The molecule has 0 saturated heterocycles. The van der Waals surface area contributed by atoms with Crippen molar-refractivity contribution in [2.45, 2.75) is 0 Å². The van der Waals surface area contributed by atoms with E-state index in [9.17, 15) is 4.79 Å². The van der Waals surface area contributed by atoms with Gasteiger partial charge < -0.3 is 4.74 Å². The van der Waals surface area contributed by atoms with Crippen LogP contribution in [-0.2, 0) is 0 Å². The largest absolute Gasteiger partial charge is 0.422 e. The number of carbonyl (C=O) groups excluding carboxylic acids is 1. The smallest absolute Gasteiger partial charge is 0.343 e. The molecular formula is C20H13NO2. The zero-order chi connectivity index (χ0) is 16.1. The number of benzene rings is 3. The van der Waals surface area contributed by atoms with Crippen molar-refractivity contribution >= 4 is 5.97 Å². The second-order valence-corrected chi connectivity index (χ2v) is 4.94. The third-order valence-electron chi connectivity index (χ3n) is 3.44. The third-order valence-corrected chi connectivity index (χ3v) is 3.44. The highest BCUT2D eigenvalue weighted by Gasteiger charge is 2.11. The average molecular weight is 299 g/mol. The number of hydrogen-bond acceptors (Lipinski definition) is 3. The molecule has 0 aliphatic carbocycles. The predicted octanol–water partition coefficient (Wildman–Crippen LogP) is 4.44. The van der Waals surface area contributed by atoms with Gasteiger partial charge in [-0.05, 0) is 35.4 Å². The molecular weight excluding hydrogens is 286 g/mol. The first-order chi connectivity index (χ1) is 11.3. The van der Waals surface area contributed by atoms with E-state index in [1.165, 1.54) is 0 Å². The van der Waals surface area contributed by atoms with Gasteiger partial charge in [-0.25, -0.2) is 4.79 Å². The number of nitrogens with zero attached hydrogens (tertiary/aromatic N) is 1. The number of rotatable bonds is 3. The van der Waals surface area contributed by atoms with Crippen LogP contribution < -0.4 is 4.74 Å². The van der Waals surface area contributed by atoms with E-state index < -0.39 is 5.97 Å². The number of hydrogen-bond donors (Lipinski definition) is 0. The normalized spacial score (nSPS) is 9.87. The van der Waals surface area contributed by atoms with Crippen molar-refractivity contribution < 1.29 is 9.53 Å². The molecule has 110 valence electrons. The van der Waals surface area contributed by atoms with E-state index in [0.29, 0.717) is 11.1 Å². The summed E-state index contributed by atoms with van der Waals surface area (Å²) in [4.78, 5) is 12.2. The lowest BCUT2D eigenvalue weighted by Gasteiger charge is -2.07. The van der Waals surface area contributed by atoms with Gasteiger partial charge in [0, 0.05) is 0 Å². The van der Waals surface area contributed by atoms with Gasteiger partial charge in [0.2, 0.25) is 0 Å². The van der Waals surface area contributed by atoms with Gasteiger partial charge in [0.05, 0.1) is 11.1 Å². The van der Waals surface area contributed by atoms with Crippen molar-refractivity contribution in [2.24, 2.45) is 0 Å². The van der Waals surface area contributed by atoms with Gasteiger partial charge >= 0.3 is 5.97 Å². The van der Waals surface area contributed by atoms with Gasteiger partial charge in [-0.3, -0.25) is 0 Å². The Morgan fingerprint density at radius 3 is 2.09 bits per heavy atom. The molecule has 0 fully saturated rings. The molecule has 0 heterocycles. The molecule has 0 aliphatic heterocycles. The van der Waals surface area contributed by atoms with Crippen molar-refractivity contribution in [2.75, 3.05) is 0 Å². The van der Waals surface area contributed by atoms with Crippen LogP contribution in [0.1, 0.15) is 15.9 Å². The molecule has 3 rings (SSSR count). The van der Waals surface area contributed by atoms with Crippen molar-refractivity contribution in [3.05, 3.63) is 90.0 Å². The average Bonchev–Trinajstić information content (AvgIpc) is 2.63. The molecule has 0 saturated carbocycles. The molecule has 0 N–H and O–H groups in total. The standard InChI is InChI=1S/C20H13NO2/c21-14-18-8-4-5-9-19(18)23-20(22)17-12-10-16(11-13-17)15-6-2-1-3-7-15/h1-13H. The highest BCUT2D eigenvalue weighted by atomic mass is 16.5. The number of carbonyl (C=O) groups is 1. The molecule has 3 heteroatoms. The Bertz CT molecular complexity index is 862. The molecule has 0 aliphatic rings. The van der Waals surface area contributed by atoms with Gasteiger partial charge in [-0.15, -0.1) is 0 Å². The third kappa shape index (κ3) is 3.28. The number of ether oxygens (including phenoxy) is 1. The van der Waals surface area contributed by atoms with E-state index in [4.69, 9.17) is 10.00 Å². The minimum absolute atomic E-state index is 0.270. The van der Waals surface area contributed by atoms with Crippen LogP contribution in [0, 0.1) is 11.3 Å². The summed E-state index contributed by atoms with van der Waals surface area (Å²) in [6, 6.07) is 25.8. The fourth-order valence-corrected chi connectivity index (χ4v) is 2.24. The maximum atomic E-state index is 12.2. The molecule has 0 aromatic heterocycles. The molecule has 0 amide bonds. The van der Waals surface area contributed by atoms with Gasteiger partial charge in [-0.2, -0.15) is 5.26 Å². The predicted molar refractivity (Wildman–Crippen MR) is 88.0 cm³/mol. The van der Waals surface area contributed by atoms with Crippen LogP contribution in [0.3, 0.4) is 0 Å². The summed E-state index contributed by atoms with van der Waals surface area (Å²) in [5.41, 5.74) is 2.89. The first-order valence-electron chi connectivity index (χ1n) is 7.15. The van der Waals surface area contributed by atoms with Crippen LogP contribution in [0.2, 0.25) is 0 Å². The van der Waals surface area contributed by atoms with Crippen LogP contribution in [0.25, 0.3) is 11.1 Å². The number of para-hydroxylation sites is 1. The van der Waals surface area contributed by atoms with Crippen molar-refractivity contribution in [1.82, 2.24) is 0 Å². The Balaban J connectivity index is 1.80. The number of esters is 1. The van der Waals surface area contributed by atoms with Crippen LogP contribution in [0.4, 0.5) is 0 Å². The molecule has 3 nitrogen and oxygen atoms in total. The lowest BCUT2D eigenvalue weighted by molar-refractivity contribution is 0.0734. The molecule has 3 aromatic rings. The van der Waals surface area contributed by atoms with Crippen LogP contribution in [0.5, 0.6) is 5.75 Å². The topological polar surface area (TPSA) is 50.1 Å². The SMILES string of the molecule is N#Cc1ccccc1OC(=O)c1ccc(-c2ccccc2)cc1. The number of nitriles is 1. The van der Waals surface area contributed by atoms with E-state index in [-0.39, 0.29) is 5.75 Å². The molecule has 0 radical (unpaired) electrons. The van der Waals surface area contributed by atoms with Crippen LogP contribution in [-0.4, -0.2) is 5.97 Å². The maximum Gasteiger partial charge on any atom is 0.343 e. The highest BCUT2D eigenvalue weighted by molar-refractivity contribution is 5.92. The second kappa shape index (κ2) is 6.59. The zero-order valence-corrected chi connectivity index (χ0v) is 12.3. The Labute approximate surface area is 134 Å². The summed E-state index contributed by atoms with van der Waals surface area (Å²) >= 11 is 0. The van der Waals surface area contributed by atoms with E-state index in [2.05, 4.69) is 0 Å². The van der Waals surface area contributed by atoms with Crippen molar-refractivity contribution in [1.29, 1.82) is 5.26 Å². The molecule has 0 atom stereocenters. The second-order valence-electron chi connectivity index (χ2n) is 4.94. The lowest BCUT2D eigenvalue weighted by atomic mass is 10.0. The van der Waals surface area contributed by atoms with Gasteiger partial charge in [0.25, 0.3) is 0 Å². The first kappa shape index (κ1) is 14.6. The van der Waals surface area contributed by atoms with E-state index in [0.717, 1.165) is 11.1 Å². The minimum Gasteiger partial charge on any atom is -0.422 e. The Morgan fingerprint density at radius 1 is 0.783 bits per heavy atom. The van der Waals surface area contributed by atoms with Crippen molar-refractivity contribution in [3.8, 4) is 22.9 Å². The van der Waals surface area contributed by atoms with E-state index >= 15 is 0 Å². The fourth-order valence-electron chi connectivity index (χ4n) is 2.24. The Morgan fingerprint density at radius 2 is 1.39 bits per heavy atom. The summed E-state index contributed by atoms with van der Waals surface area (Å²) in [5, 5.41) is 9.02. The van der Waals surface area contributed by atoms with Crippen molar-refractivity contribution in [3.63, 3.8) is 0 Å². The zero-order valence-electron chi connectivity index (χ0n) is 12.3. The van der Waals surface area contributed by atoms with E-state index in [1.54, 1.807) is 36.4 Å². The maximum absolute atomic E-state index is 12.2. The lowest BCUT2D eigenvalue weighted by Crippen LogP contribution is -2.09. The molecule has 0 spiro atoms. The quantitative estimate of drug-likeness (QED) is 0.530. The Kier molecular flexibility index (Phi) is 4.17. The summed E-state index contributed by atoms with van der Waals surface area (Å²) in [7, 11) is 0. The summed E-state index contributed by atoms with van der Waals surface area (Å²) in [6.45, 7) is 0. The molecule has 3 aromatic carbocycles. The van der Waals surface area contributed by atoms with Gasteiger partial charge in [0.15, 0.2) is 0 Å². The fraction of sp³-hybridized carbons (Fsp3) is 0. The minimum atomic E-state index is -0.479. The molecule has 0 unspecified atom stereocenters. The molecule has 0 bridgehead atoms. The summed E-state index contributed by atoms with van der Waals surface area (Å²) in [6.07, 6.45) is 0. The summed E-state index contributed by atoms with van der Waals surface area (Å²) < 4.78 is 5.31. The van der Waals surface area contributed by atoms with Gasteiger partial charge in [0.1, 0.15) is 11.8 Å². The highest BCUT2D eigenvalue weighted by Crippen LogP contribution is 2.21. The monoisotopic (exact) mass is 299 g/mol. The van der Waals surface area contributed by atoms with Gasteiger partial charge in [-0.1, -0.05) is 54.6 Å². The summed E-state index contributed by atoms with van der Waals surface area (Å²) in [5.74, 6) is -0.209. The van der Waals surface area contributed by atoms with E-state index in [1.807, 2.05) is 48.5 Å². The Hall–Kier alpha value is -3.38. The van der Waals surface area contributed by atoms with Crippen LogP contribution in [0.15, 0.2) is 78.9 Å². The molecule has 23 heavy (non-hydrogen) atoms. The first-order valence-corrected chi connectivity index (χ1v) is 7.15. The van der Waals surface area contributed by atoms with Crippen LogP contribution >= 0.6 is 0 Å².